The van der Waals surface area contributed by atoms with Crippen molar-refractivity contribution < 1.29 is 9.59 Å². The van der Waals surface area contributed by atoms with E-state index in [-0.39, 0.29) is 24.5 Å². The van der Waals surface area contributed by atoms with Crippen molar-refractivity contribution >= 4 is 11.9 Å². The van der Waals surface area contributed by atoms with Crippen LogP contribution in [-0.4, -0.2) is 36.5 Å². The number of urea groups is 1. The van der Waals surface area contributed by atoms with E-state index in [0.29, 0.717) is 13.1 Å². The summed E-state index contributed by atoms with van der Waals surface area (Å²) in [6, 6.07) is 9.48. The zero-order chi connectivity index (χ0) is 13.0. The number of piperazine rings is 1. The van der Waals surface area contributed by atoms with Crippen LogP contribution >= 0.6 is 0 Å². The van der Waals surface area contributed by atoms with E-state index >= 15 is 0 Å². The predicted octanol–water partition coefficient (Wildman–Crippen LogP) is 0.889. The second-order valence-electron chi connectivity index (χ2n) is 4.35. The van der Waals surface area contributed by atoms with Crippen LogP contribution in [0.3, 0.4) is 0 Å². The summed E-state index contributed by atoms with van der Waals surface area (Å²) in [6.07, 6.45) is 0. The molecule has 0 aromatic heterocycles. The zero-order valence-electron chi connectivity index (χ0n) is 10.3. The van der Waals surface area contributed by atoms with Gasteiger partial charge >= 0.3 is 6.03 Å². The molecular formula is C13H17N3O2. The van der Waals surface area contributed by atoms with Crippen LogP contribution < -0.4 is 10.6 Å². The molecular weight excluding hydrogens is 230 g/mol. The van der Waals surface area contributed by atoms with Gasteiger partial charge in [0.05, 0.1) is 6.04 Å². The van der Waals surface area contributed by atoms with Gasteiger partial charge in [-0.25, -0.2) is 4.79 Å². The molecule has 1 aliphatic rings. The number of amides is 3. The first-order valence-electron chi connectivity index (χ1n) is 6.04. The van der Waals surface area contributed by atoms with Gasteiger partial charge in [0, 0.05) is 13.1 Å². The van der Waals surface area contributed by atoms with Crippen molar-refractivity contribution in [3.05, 3.63) is 35.9 Å². The lowest BCUT2D eigenvalue weighted by molar-refractivity contribution is -0.123. The number of nitrogens with one attached hydrogen (secondary N) is 2. The van der Waals surface area contributed by atoms with Gasteiger partial charge in [-0.3, -0.25) is 4.79 Å². The van der Waals surface area contributed by atoms with Gasteiger partial charge in [0.1, 0.15) is 6.54 Å². The highest BCUT2D eigenvalue weighted by atomic mass is 16.2. The van der Waals surface area contributed by atoms with Gasteiger partial charge in [-0.2, -0.15) is 0 Å². The summed E-state index contributed by atoms with van der Waals surface area (Å²) in [5.41, 5.74) is 1.05. The van der Waals surface area contributed by atoms with Crippen LogP contribution in [0.4, 0.5) is 4.79 Å². The molecule has 2 N–H and O–H groups in total. The third-order valence-electron chi connectivity index (χ3n) is 2.97. The van der Waals surface area contributed by atoms with Gasteiger partial charge in [-0.1, -0.05) is 30.3 Å². The Morgan fingerprint density at radius 1 is 1.39 bits per heavy atom. The molecule has 5 nitrogen and oxygen atoms in total. The van der Waals surface area contributed by atoms with Gasteiger partial charge in [0.15, 0.2) is 0 Å². The summed E-state index contributed by atoms with van der Waals surface area (Å²) in [6.45, 7) is 3.13. The summed E-state index contributed by atoms with van der Waals surface area (Å²) in [4.78, 5) is 24.7. The van der Waals surface area contributed by atoms with E-state index in [0.717, 1.165) is 5.56 Å². The van der Waals surface area contributed by atoms with E-state index in [1.165, 1.54) is 4.90 Å². The van der Waals surface area contributed by atoms with Crippen molar-refractivity contribution in [1.82, 2.24) is 15.5 Å². The fraction of sp³-hybridized carbons (Fsp3) is 0.385. The Morgan fingerprint density at radius 2 is 2.11 bits per heavy atom. The van der Waals surface area contributed by atoms with Gasteiger partial charge in [-0.15, -0.1) is 0 Å². The van der Waals surface area contributed by atoms with Crippen molar-refractivity contribution in [2.75, 3.05) is 19.6 Å². The largest absolute Gasteiger partial charge is 0.353 e. The molecule has 1 unspecified atom stereocenters. The summed E-state index contributed by atoms with van der Waals surface area (Å²) in [5.74, 6) is -0.108. The molecule has 18 heavy (non-hydrogen) atoms. The summed E-state index contributed by atoms with van der Waals surface area (Å²) in [7, 11) is 0. The molecule has 2 rings (SSSR count). The Hall–Kier alpha value is -2.04. The van der Waals surface area contributed by atoms with Crippen LogP contribution in [0.15, 0.2) is 30.3 Å². The average Bonchev–Trinajstić information content (AvgIpc) is 2.39. The molecule has 1 aliphatic heterocycles. The molecule has 1 aromatic carbocycles. The third-order valence-corrected chi connectivity index (χ3v) is 2.97. The number of nitrogens with zero attached hydrogens (tertiary/aromatic N) is 1. The number of rotatable bonds is 2. The second-order valence-corrected chi connectivity index (χ2v) is 4.35. The highest BCUT2D eigenvalue weighted by molar-refractivity contribution is 5.85. The lowest BCUT2D eigenvalue weighted by Crippen LogP contribution is -2.53. The Bertz CT molecular complexity index is 433. The van der Waals surface area contributed by atoms with E-state index in [9.17, 15) is 9.59 Å². The van der Waals surface area contributed by atoms with Crippen molar-refractivity contribution in [2.24, 2.45) is 0 Å². The molecule has 1 saturated heterocycles. The van der Waals surface area contributed by atoms with E-state index in [4.69, 9.17) is 0 Å². The maximum atomic E-state index is 12.0. The molecule has 1 heterocycles. The number of carbonyl (C=O) groups excluding carboxylic acids is 2. The standard InChI is InChI=1S/C13H17N3O2/c1-10(11-5-3-2-4-6-11)15-13(18)16-8-7-14-12(17)9-16/h2-6,10H,7-9H2,1H3,(H,14,17)(H,15,18). The SMILES string of the molecule is CC(NC(=O)N1CCNC(=O)C1)c1ccccc1. The smallest absolute Gasteiger partial charge is 0.318 e. The second kappa shape index (κ2) is 5.53. The minimum absolute atomic E-state index is 0.0660. The molecule has 1 fully saturated rings. The Kier molecular flexibility index (Phi) is 3.82. The molecule has 0 radical (unpaired) electrons. The molecule has 0 aliphatic carbocycles. The molecule has 1 aromatic rings. The van der Waals surface area contributed by atoms with Gasteiger partial charge in [-0.05, 0) is 12.5 Å². The van der Waals surface area contributed by atoms with Crippen LogP contribution in [0.5, 0.6) is 0 Å². The molecule has 0 saturated carbocycles. The monoisotopic (exact) mass is 247 g/mol. The molecule has 5 heteroatoms. The van der Waals surface area contributed by atoms with E-state index in [1.807, 2.05) is 37.3 Å². The highest BCUT2D eigenvalue weighted by Gasteiger charge is 2.22. The zero-order valence-corrected chi connectivity index (χ0v) is 10.3. The Balaban J connectivity index is 1.93. The lowest BCUT2D eigenvalue weighted by atomic mass is 10.1. The summed E-state index contributed by atoms with van der Waals surface area (Å²) >= 11 is 0. The van der Waals surface area contributed by atoms with E-state index in [1.54, 1.807) is 0 Å². The van der Waals surface area contributed by atoms with Crippen molar-refractivity contribution in [1.29, 1.82) is 0 Å². The maximum Gasteiger partial charge on any atom is 0.318 e. The number of benzene rings is 1. The number of carbonyl (C=O) groups is 2. The van der Waals surface area contributed by atoms with E-state index < -0.39 is 0 Å². The van der Waals surface area contributed by atoms with Gasteiger partial charge in [0.2, 0.25) is 5.91 Å². The summed E-state index contributed by atoms with van der Waals surface area (Å²) < 4.78 is 0. The molecule has 1 atom stereocenters. The van der Waals surface area contributed by atoms with Crippen LogP contribution in [0.25, 0.3) is 0 Å². The highest BCUT2D eigenvalue weighted by Crippen LogP contribution is 2.11. The summed E-state index contributed by atoms with van der Waals surface area (Å²) in [5, 5.41) is 5.58. The quantitative estimate of drug-likeness (QED) is 0.815. The minimum Gasteiger partial charge on any atom is -0.353 e. The average molecular weight is 247 g/mol. The van der Waals surface area contributed by atoms with Crippen molar-refractivity contribution in [2.45, 2.75) is 13.0 Å². The molecule has 0 spiro atoms. The van der Waals surface area contributed by atoms with Crippen LogP contribution in [0.1, 0.15) is 18.5 Å². The van der Waals surface area contributed by atoms with Crippen LogP contribution in [0, 0.1) is 0 Å². The molecule has 3 amide bonds. The van der Waals surface area contributed by atoms with Crippen molar-refractivity contribution in [3.63, 3.8) is 0 Å². The van der Waals surface area contributed by atoms with Gasteiger partial charge < -0.3 is 15.5 Å². The first-order chi connectivity index (χ1) is 8.66. The molecule has 0 bridgehead atoms. The van der Waals surface area contributed by atoms with Crippen molar-refractivity contribution in [3.8, 4) is 0 Å². The maximum absolute atomic E-state index is 12.0. The number of hydrogen-bond donors (Lipinski definition) is 2. The van der Waals surface area contributed by atoms with Gasteiger partial charge in [0.25, 0.3) is 0 Å². The first kappa shape index (κ1) is 12.4. The normalized spacial score (nSPS) is 16.9. The van der Waals surface area contributed by atoms with Crippen LogP contribution in [-0.2, 0) is 4.79 Å². The van der Waals surface area contributed by atoms with Crippen LogP contribution in [0.2, 0.25) is 0 Å². The first-order valence-corrected chi connectivity index (χ1v) is 6.04. The Labute approximate surface area is 106 Å². The lowest BCUT2D eigenvalue weighted by Gasteiger charge is -2.28. The fourth-order valence-corrected chi connectivity index (χ4v) is 1.91. The predicted molar refractivity (Wildman–Crippen MR) is 68.0 cm³/mol. The minimum atomic E-state index is -0.193. The Morgan fingerprint density at radius 3 is 2.78 bits per heavy atom. The van der Waals surface area contributed by atoms with E-state index in [2.05, 4.69) is 10.6 Å². The third kappa shape index (κ3) is 3.00. The fourth-order valence-electron chi connectivity index (χ4n) is 1.91. The molecule has 96 valence electrons. The number of hydrogen-bond acceptors (Lipinski definition) is 2. The topological polar surface area (TPSA) is 61.4 Å².